The van der Waals surface area contributed by atoms with Crippen molar-refractivity contribution in [1.82, 2.24) is 9.97 Å². The van der Waals surface area contributed by atoms with Crippen LogP contribution in [-0.4, -0.2) is 29.2 Å². The summed E-state index contributed by atoms with van der Waals surface area (Å²) in [7, 11) is 0. The number of nitrogens with one attached hydrogen (secondary N) is 1. The summed E-state index contributed by atoms with van der Waals surface area (Å²) in [5, 5.41) is 3.45. The predicted molar refractivity (Wildman–Crippen MR) is 68.0 cm³/mol. The maximum atomic E-state index is 5.89. The van der Waals surface area contributed by atoms with Crippen LogP contribution in [0.1, 0.15) is 31.2 Å². The van der Waals surface area contributed by atoms with Gasteiger partial charge in [-0.05, 0) is 19.8 Å². The fourth-order valence-corrected chi connectivity index (χ4v) is 1.92. The molecule has 0 aromatic carbocycles. The molecule has 1 saturated heterocycles. The Balaban J connectivity index is 2.15. The van der Waals surface area contributed by atoms with Crippen molar-refractivity contribution in [1.29, 1.82) is 0 Å². The van der Waals surface area contributed by atoms with Gasteiger partial charge in [0.25, 0.3) is 0 Å². The monoisotopic (exact) mass is 236 g/mol. The molecule has 1 aliphatic heterocycles. The summed E-state index contributed by atoms with van der Waals surface area (Å²) in [5.74, 6) is 2.25. The van der Waals surface area contributed by atoms with Crippen molar-refractivity contribution < 1.29 is 4.74 Å². The van der Waals surface area contributed by atoms with Crippen LogP contribution in [0.2, 0.25) is 0 Å². The summed E-state index contributed by atoms with van der Waals surface area (Å²) >= 11 is 0. The van der Waals surface area contributed by atoms with E-state index >= 15 is 0 Å². The van der Waals surface area contributed by atoms with E-state index in [1.165, 1.54) is 0 Å². The Morgan fingerprint density at radius 1 is 1.35 bits per heavy atom. The largest absolute Gasteiger partial charge is 0.383 e. The zero-order chi connectivity index (χ0) is 12.3. The molecule has 0 radical (unpaired) electrons. The summed E-state index contributed by atoms with van der Waals surface area (Å²) in [4.78, 5) is 8.75. The van der Waals surface area contributed by atoms with E-state index in [1.54, 1.807) is 0 Å². The van der Waals surface area contributed by atoms with Crippen LogP contribution in [0.15, 0.2) is 0 Å². The van der Waals surface area contributed by atoms with E-state index in [2.05, 4.69) is 15.3 Å². The van der Waals surface area contributed by atoms with Gasteiger partial charge < -0.3 is 15.8 Å². The number of ether oxygens (including phenoxy) is 1. The van der Waals surface area contributed by atoms with E-state index in [4.69, 9.17) is 10.5 Å². The van der Waals surface area contributed by atoms with Crippen LogP contribution in [0.4, 0.5) is 11.6 Å². The zero-order valence-corrected chi connectivity index (χ0v) is 10.5. The molecule has 17 heavy (non-hydrogen) atoms. The third-order valence-corrected chi connectivity index (χ3v) is 3.11. The quantitative estimate of drug-likeness (QED) is 0.832. The smallest absolute Gasteiger partial charge is 0.134 e. The second-order valence-electron chi connectivity index (χ2n) is 4.38. The number of hydrogen-bond acceptors (Lipinski definition) is 5. The van der Waals surface area contributed by atoms with Crippen LogP contribution in [-0.2, 0) is 11.2 Å². The van der Waals surface area contributed by atoms with Gasteiger partial charge in [-0.25, -0.2) is 9.97 Å². The topological polar surface area (TPSA) is 73.1 Å². The van der Waals surface area contributed by atoms with Crippen molar-refractivity contribution in [2.45, 2.75) is 39.2 Å². The van der Waals surface area contributed by atoms with E-state index in [-0.39, 0.29) is 0 Å². The molecule has 3 N–H and O–H groups in total. The van der Waals surface area contributed by atoms with Crippen molar-refractivity contribution in [2.75, 3.05) is 24.3 Å². The first kappa shape index (κ1) is 12.1. The molecule has 0 saturated carbocycles. The standard InChI is InChI=1S/C12H20N4O/c1-3-10-15-11(13)8(2)12(16-10)14-9-4-6-17-7-5-9/h9H,3-7H2,1-2H3,(H3,13,14,15,16). The summed E-state index contributed by atoms with van der Waals surface area (Å²) in [6.07, 6.45) is 2.84. The van der Waals surface area contributed by atoms with Gasteiger partial charge in [0.05, 0.1) is 0 Å². The van der Waals surface area contributed by atoms with Crippen LogP contribution >= 0.6 is 0 Å². The fourth-order valence-electron chi connectivity index (χ4n) is 1.92. The first-order valence-electron chi connectivity index (χ1n) is 6.18. The molecule has 5 heteroatoms. The summed E-state index contributed by atoms with van der Waals surface area (Å²) < 4.78 is 5.34. The van der Waals surface area contributed by atoms with Gasteiger partial charge in [-0.1, -0.05) is 6.92 Å². The van der Waals surface area contributed by atoms with Gasteiger partial charge in [0, 0.05) is 31.2 Å². The molecule has 1 fully saturated rings. The third kappa shape index (κ3) is 2.85. The number of hydrogen-bond donors (Lipinski definition) is 2. The van der Waals surface area contributed by atoms with E-state index in [9.17, 15) is 0 Å². The van der Waals surface area contributed by atoms with E-state index in [0.29, 0.717) is 11.9 Å². The number of anilines is 2. The average Bonchev–Trinajstić information content (AvgIpc) is 2.36. The normalized spacial score (nSPS) is 17.1. The zero-order valence-electron chi connectivity index (χ0n) is 10.5. The molecule has 0 atom stereocenters. The molecule has 1 aromatic heterocycles. The van der Waals surface area contributed by atoms with Crippen LogP contribution in [0.25, 0.3) is 0 Å². The highest BCUT2D eigenvalue weighted by Crippen LogP contribution is 2.20. The molecule has 5 nitrogen and oxygen atoms in total. The Morgan fingerprint density at radius 2 is 2.06 bits per heavy atom. The minimum absolute atomic E-state index is 0.432. The van der Waals surface area contributed by atoms with Gasteiger partial charge in [0.1, 0.15) is 17.5 Å². The Hall–Kier alpha value is -1.36. The first-order valence-corrected chi connectivity index (χ1v) is 6.18. The van der Waals surface area contributed by atoms with Crippen molar-refractivity contribution in [2.24, 2.45) is 0 Å². The molecular formula is C12H20N4O. The van der Waals surface area contributed by atoms with Crippen molar-refractivity contribution in [3.05, 3.63) is 11.4 Å². The molecule has 0 bridgehead atoms. The summed E-state index contributed by atoms with van der Waals surface area (Å²) in [6.45, 7) is 5.62. The Bertz CT molecular complexity index is 388. The van der Waals surface area contributed by atoms with Gasteiger partial charge in [-0.2, -0.15) is 0 Å². The highest BCUT2D eigenvalue weighted by Gasteiger charge is 2.16. The van der Waals surface area contributed by atoms with Gasteiger partial charge in [0.15, 0.2) is 0 Å². The Kier molecular flexibility index (Phi) is 3.78. The van der Waals surface area contributed by atoms with Gasteiger partial charge in [0.2, 0.25) is 0 Å². The molecule has 0 spiro atoms. The summed E-state index contributed by atoms with van der Waals surface area (Å²) in [6, 6.07) is 0.432. The maximum Gasteiger partial charge on any atom is 0.134 e. The molecule has 0 amide bonds. The number of aryl methyl sites for hydroxylation is 1. The van der Waals surface area contributed by atoms with Crippen molar-refractivity contribution in [3.63, 3.8) is 0 Å². The highest BCUT2D eigenvalue weighted by atomic mass is 16.5. The molecule has 2 heterocycles. The molecule has 0 unspecified atom stereocenters. The number of nitrogens with zero attached hydrogens (tertiary/aromatic N) is 2. The fraction of sp³-hybridized carbons (Fsp3) is 0.667. The Labute approximate surface area is 102 Å². The summed E-state index contributed by atoms with van der Waals surface area (Å²) in [5.41, 5.74) is 6.82. The lowest BCUT2D eigenvalue weighted by atomic mass is 10.1. The number of nitrogens with two attached hydrogens (primary N) is 1. The van der Waals surface area contributed by atoms with Gasteiger partial charge in [-0.15, -0.1) is 0 Å². The number of nitrogen functional groups attached to an aromatic ring is 1. The molecule has 2 rings (SSSR count). The van der Waals surface area contributed by atoms with E-state index in [0.717, 1.165) is 49.7 Å². The molecule has 94 valence electrons. The molecular weight excluding hydrogens is 216 g/mol. The van der Waals surface area contributed by atoms with Crippen LogP contribution in [0, 0.1) is 6.92 Å². The minimum Gasteiger partial charge on any atom is -0.383 e. The van der Waals surface area contributed by atoms with E-state index < -0.39 is 0 Å². The lowest BCUT2D eigenvalue weighted by Gasteiger charge is -2.24. The maximum absolute atomic E-state index is 5.89. The van der Waals surface area contributed by atoms with Gasteiger partial charge in [-0.3, -0.25) is 0 Å². The van der Waals surface area contributed by atoms with Crippen LogP contribution in [0.3, 0.4) is 0 Å². The predicted octanol–water partition coefficient (Wildman–Crippen LogP) is 1.52. The van der Waals surface area contributed by atoms with Crippen LogP contribution < -0.4 is 11.1 Å². The third-order valence-electron chi connectivity index (χ3n) is 3.11. The first-order chi connectivity index (χ1) is 8.20. The van der Waals surface area contributed by atoms with Crippen molar-refractivity contribution >= 4 is 11.6 Å². The second kappa shape index (κ2) is 5.31. The van der Waals surface area contributed by atoms with Crippen LogP contribution in [0.5, 0.6) is 0 Å². The van der Waals surface area contributed by atoms with Gasteiger partial charge >= 0.3 is 0 Å². The van der Waals surface area contributed by atoms with E-state index in [1.807, 2.05) is 13.8 Å². The molecule has 1 aliphatic rings. The molecule has 0 aliphatic carbocycles. The second-order valence-corrected chi connectivity index (χ2v) is 4.38. The number of aromatic nitrogens is 2. The highest BCUT2D eigenvalue weighted by molar-refractivity contribution is 5.55. The average molecular weight is 236 g/mol. The minimum atomic E-state index is 0.432. The lowest BCUT2D eigenvalue weighted by molar-refractivity contribution is 0.0903. The van der Waals surface area contributed by atoms with Crippen molar-refractivity contribution in [3.8, 4) is 0 Å². The number of rotatable bonds is 3. The molecule has 1 aromatic rings. The lowest BCUT2D eigenvalue weighted by Crippen LogP contribution is -2.29. The Morgan fingerprint density at radius 3 is 2.71 bits per heavy atom. The SMILES string of the molecule is CCc1nc(N)c(C)c(NC2CCOCC2)n1.